The number of phenols is 1. The van der Waals surface area contributed by atoms with Crippen LogP contribution in [0.1, 0.15) is 12.8 Å². The van der Waals surface area contributed by atoms with Crippen LogP contribution >= 0.6 is 11.6 Å². The van der Waals surface area contributed by atoms with Crippen molar-refractivity contribution in [3.63, 3.8) is 0 Å². The van der Waals surface area contributed by atoms with Gasteiger partial charge >= 0.3 is 0 Å². The van der Waals surface area contributed by atoms with Crippen LogP contribution in [0.25, 0.3) is 16.8 Å². The molecule has 1 unspecified atom stereocenters. The molecule has 4 rings (SSSR count). The number of rotatable bonds is 3. The number of fused-ring (bicyclic) bond motifs is 1. The van der Waals surface area contributed by atoms with Crippen LogP contribution in [0.4, 0.5) is 10.3 Å². The summed E-state index contributed by atoms with van der Waals surface area (Å²) in [7, 11) is 0. The van der Waals surface area contributed by atoms with Crippen LogP contribution in [0, 0.1) is 5.82 Å². The van der Waals surface area contributed by atoms with Crippen LogP contribution in [-0.4, -0.2) is 39.0 Å². The van der Waals surface area contributed by atoms with Gasteiger partial charge in [-0.15, -0.1) is 10.2 Å². The molecule has 1 aromatic carbocycles. The van der Waals surface area contributed by atoms with Crippen LogP contribution in [-0.2, 0) is 4.74 Å². The highest BCUT2D eigenvalue weighted by Crippen LogP contribution is 2.36. The Morgan fingerprint density at radius 1 is 1.36 bits per heavy atom. The zero-order valence-corrected chi connectivity index (χ0v) is 14.0. The number of ether oxygens (including phenoxy) is 1. The van der Waals surface area contributed by atoms with Gasteiger partial charge in [0.05, 0.1) is 23.7 Å². The predicted octanol–water partition coefficient (Wildman–Crippen LogP) is 3.49. The predicted molar refractivity (Wildman–Crippen MR) is 92.5 cm³/mol. The number of benzene rings is 1. The Balaban J connectivity index is 1.78. The minimum atomic E-state index is -0.649. The smallest absolute Gasteiger partial charge is 0.228 e. The molecule has 2 aromatic heterocycles. The number of aromatic nitrogens is 3. The number of nitrogens with one attached hydrogen (secondary N) is 1. The van der Waals surface area contributed by atoms with Crippen LogP contribution < -0.4 is 5.32 Å². The third-order valence-electron chi connectivity index (χ3n) is 4.23. The Bertz CT molecular complexity index is 901. The van der Waals surface area contributed by atoms with Crippen LogP contribution in [0.3, 0.4) is 0 Å². The van der Waals surface area contributed by atoms with E-state index in [2.05, 4.69) is 15.5 Å². The largest absolute Gasteiger partial charge is 0.507 e. The molecule has 0 spiro atoms. The van der Waals surface area contributed by atoms with Crippen molar-refractivity contribution in [1.82, 2.24) is 14.6 Å². The Morgan fingerprint density at radius 2 is 2.24 bits per heavy atom. The Hall–Kier alpha value is -2.38. The van der Waals surface area contributed by atoms with E-state index in [9.17, 15) is 9.50 Å². The van der Waals surface area contributed by atoms with Gasteiger partial charge in [0.1, 0.15) is 17.3 Å². The summed E-state index contributed by atoms with van der Waals surface area (Å²) in [5, 5.41) is 21.9. The van der Waals surface area contributed by atoms with Gasteiger partial charge in [-0.25, -0.2) is 4.39 Å². The highest BCUT2D eigenvalue weighted by molar-refractivity contribution is 6.30. The lowest BCUT2D eigenvalue weighted by molar-refractivity contribution is 0.0873. The van der Waals surface area contributed by atoms with Gasteiger partial charge in [0, 0.05) is 17.8 Å². The highest BCUT2D eigenvalue weighted by Gasteiger charge is 2.20. The summed E-state index contributed by atoms with van der Waals surface area (Å²) in [5.74, 6) is -0.374. The highest BCUT2D eigenvalue weighted by atomic mass is 35.5. The Kier molecular flexibility index (Phi) is 4.19. The second-order valence-corrected chi connectivity index (χ2v) is 6.41. The lowest BCUT2D eigenvalue weighted by atomic mass is 10.1. The first kappa shape index (κ1) is 16.1. The van der Waals surface area contributed by atoms with Crippen molar-refractivity contribution in [3.8, 4) is 17.0 Å². The molecule has 0 bridgehead atoms. The zero-order valence-electron chi connectivity index (χ0n) is 13.2. The maximum atomic E-state index is 14.4. The number of hydrogen-bond acceptors (Lipinski definition) is 5. The lowest BCUT2D eigenvalue weighted by Gasteiger charge is -2.23. The fourth-order valence-electron chi connectivity index (χ4n) is 3.06. The third-order valence-corrected chi connectivity index (χ3v) is 4.45. The summed E-state index contributed by atoms with van der Waals surface area (Å²) < 4.78 is 21.6. The minimum absolute atomic E-state index is 0.0202. The normalized spacial score (nSPS) is 17.8. The first-order valence-electron chi connectivity index (χ1n) is 8.00. The Morgan fingerprint density at radius 3 is 3.00 bits per heavy atom. The van der Waals surface area contributed by atoms with Crippen LogP contribution in [0.5, 0.6) is 5.75 Å². The third kappa shape index (κ3) is 3.01. The lowest BCUT2D eigenvalue weighted by Crippen LogP contribution is -2.31. The number of nitrogens with zero attached hydrogens (tertiary/aromatic N) is 3. The van der Waals surface area contributed by atoms with E-state index in [0.717, 1.165) is 25.5 Å². The second-order valence-electron chi connectivity index (χ2n) is 5.98. The molecule has 6 nitrogen and oxygen atoms in total. The summed E-state index contributed by atoms with van der Waals surface area (Å²) in [6, 6.07) is 6.19. The molecule has 1 fully saturated rings. The molecule has 0 amide bonds. The van der Waals surface area contributed by atoms with E-state index in [0.29, 0.717) is 18.1 Å². The van der Waals surface area contributed by atoms with Gasteiger partial charge in [0.15, 0.2) is 0 Å². The second kappa shape index (κ2) is 6.50. The first-order valence-corrected chi connectivity index (χ1v) is 8.37. The fourth-order valence-corrected chi connectivity index (χ4v) is 3.26. The maximum absolute atomic E-state index is 14.4. The summed E-state index contributed by atoms with van der Waals surface area (Å²) >= 11 is 5.78. The van der Waals surface area contributed by atoms with Gasteiger partial charge in [0.25, 0.3) is 0 Å². The number of anilines is 1. The van der Waals surface area contributed by atoms with Crippen molar-refractivity contribution in [2.45, 2.75) is 18.9 Å². The molecular weight excluding hydrogens is 347 g/mol. The molecule has 1 aliphatic rings. The molecule has 0 aliphatic carbocycles. The number of aromatic hydroxyl groups is 1. The molecule has 25 heavy (non-hydrogen) atoms. The van der Waals surface area contributed by atoms with Gasteiger partial charge in [-0.3, -0.25) is 4.40 Å². The monoisotopic (exact) mass is 362 g/mol. The quantitative estimate of drug-likeness (QED) is 0.746. The number of hydrogen-bond donors (Lipinski definition) is 2. The topological polar surface area (TPSA) is 71.7 Å². The average Bonchev–Trinajstić information content (AvgIpc) is 3.07. The SMILES string of the molecule is Oc1cc(Cl)cc(F)c1-c1nnc(NC2CCCOC2)n2cccc12. The summed E-state index contributed by atoms with van der Waals surface area (Å²) in [6.07, 6.45) is 3.78. The van der Waals surface area contributed by atoms with Gasteiger partial charge in [0.2, 0.25) is 5.95 Å². The van der Waals surface area contributed by atoms with Crippen LogP contribution in [0.2, 0.25) is 5.02 Å². The van der Waals surface area contributed by atoms with E-state index >= 15 is 0 Å². The van der Waals surface area contributed by atoms with Crippen molar-refractivity contribution >= 4 is 23.1 Å². The van der Waals surface area contributed by atoms with Crippen molar-refractivity contribution < 1.29 is 14.2 Å². The van der Waals surface area contributed by atoms with E-state index in [-0.39, 0.29) is 28.1 Å². The summed E-state index contributed by atoms with van der Waals surface area (Å²) in [5.41, 5.74) is 0.862. The molecule has 3 heterocycles. The number of halogens is 2. The maximum Gasteiger partial charge on any atom is 0.228 e. The van der Waals surface area contributed by atoms with E-state index in [4.69, 9.17) is 16.3 Å². The van der Waals surface area contributed by atoms with Gasteiger partial charge < -0.3 is 15.2 Å². The molecule has 3 aromatic rings. The molecule has 0 saturated carbocycles. The van der Waals surface area contributed by atoms with Crippen LogP contribution in [0.15, 0.2) is 30.5 Å². The van der Waals surface area contributed by atoms with E-state index in [1.165, 1.54) is 6.07 Å². The number of phenolic OH excluding ortho intramolecular Hbond substituents is 1. The fraction of sp³-hybridized carbons (Fsp3) is 0.294. The first-order chi connectivity index (χ1) is 12.1. The van der Waals surface area contributed by atoms with E-state index in [1.807, 2.05) is 12.3 Å². The van der Waals surface area contributed by atoms with Gasteiger partial charge in [-0.05, 0) is 37.1 Å². The minimum Gasteiger partial charge on any atom is -0.507 e. The summed E-state index contributed by atoms with van der Waals surface area (Å²) in [6.45, 7) is 1.38. The Labute approximate surface area is 148 Å². The van der Waals surface area contributed by atoms with Gasteiger partial charge in [-0.2, -0.15) is 0 Å². The zero-order chi connectivity index (χ0) is 17.4. The van der Waals surface area contributed by atoms with Crippen molar-refractivity contribution in [2.75, 3.05) is 18.5 Å². The molecule has 8 heteroatoms. The van der Waals surface area contributed by atoms with Crippen molar-refractivity contribution in [3.05, 3.63) is 41.3 Å². The van der Waals surface area contributed by atoms with Gasteiger partial charge in [-0.1, -0.05) is 11.6 Å². The molecule has 1 atom stereocenters. The standard InChI is InChI=1S/C17H16ClFN4O2/c18-10-7-12(19)15(14(24)8-10)16-13-4-1-5-23(13)17(22-21-16)20-11-3-2-6-25-9-11/h1,4-5,7-8,11,24H,2-3,6,9H2,(H,20,22). The molecule has 1 aliphatic heterocycles. The molecule has 1 saturated heterocycles. The average molecular weight is 363 g/mol. The molecule has 130 valence electrons. The van der Waals surface area contributed by atoms with E-state index < -0.39 is 5.82 Å². The van der Waals surface area contributed by atoms with Crippen molar-refractivity contribution in [2.24, 2.45) is 0 Å². The van der Waals surface area contributed by atoms with Crippen molar-refractivity contribution in [1.29, 1.82) is 0 Å². The van der Waals surface area contributed by atoms with E-state index in [1.54, 1.807) is 10.5 Å². The molecule has 0 radical (unpaired) electrons. The summed E-state index contributed by atoms with van der Waals surface area (Å²) in [4.78, 5) is 0. The molecule has 2 N–H and O–H groups in total. The molecular formula is C17H16ClFN4O2.